The van der Waals surface area contributed by atoms with Crippen molar-refractivity contribution in [2.24, 2.45) is 17.1 Å². The second-order valence-electron chi connectivity index (χ2n) is 6.67. The Labute approximate surface area is 122 Å². The molecule has 0 spiro atoms. The Balaban J connectivity index is 2.08. The molecule has 0 aliphatic heterocycles. The molecule has 0 radical (unpaired) electrons. The molecule has 1 amide bonds. The van der Waals surface area contributed by atoms with Gasteiger partial charge in [-0.15, -0.1) is 6.42 Å². The van der Waals surface area contributed by atoms with Gasteiger partial charge in [-0.3, -0.25) is 4.79 Å². The third-order valence-corrected chi connectivity index (χ3v) is 4.96. The molecule has 20 heavy (non-hydrogen) atoms. The number of terminal acetylenes is 1. The van der Waals surface area contributed by atoms with Crippen LogP contribution in [0.5, 0.6) is 0 Å². The Bertz CT molecular complexity index is 423. The Morgan fingerprint density at radius 2 is 2.15 bits per heavy atom. The van der Waals surface area contributed by atoms with Crippen molar-refractivity contribution in [3.05, 3.63) is 0 Å². The molecule has 2 aliphatic rings. The predicted molar refractivity (Wildman–Crippen MR) is 78.9 cm³/mol. The van der Waals surface area contributed by atoms with Crippen molar-refractivity contribution in [3.63, 3.8) is 0 Å². The van der Waals surface area contributed by atoms with Gasteiger partial charge in [0.2, 0.25) is 5.91 Å². The first-order valence-electron chi connectivity index (χ1n) is 7.50. The van der Waals surface area contributed by atoms with Crippen LogP contribution in [0.1, 0.15) is 40.0 Å². The van der Waals surface area contributed by atoms with E-state index in [-0.39, 0.29) is 17.4 Å². The topological polar surface area (TPSA) is 55.6 Å². The lowest BCUT2D eigenvalue weighted by molar-refractivity contribution is -0.179. The van der Waals surface area contributed by atoms with Crippen LogP contribution in [-0.4, -0.2) is 42.1 Å². The number of carbonyl (C=O) groups is 1. The van der Waals surface area contributed by atoms with Crippen LogP contribution < -0.4 is 5.73 Å². The quantitative estimate of drug-likeness (QED) is 0.747. The van der Waals surface area contributed by atoms with Gasteiger partial charge in [-0.25, -0.2) is 0 Å². The fourth-order valence-corrected chi connectivity index (χ4v) is 3.02. The summed E-state index contributed by atoms with van der Waals surface area (Å²) < 4.78 is 5.68. The van der Waals surface area contributed by atoms with Gasteiger partial charge in [-0.2, -0.15) is 0 Å². The Morgan fingerprint density at radius 3 is 2.60 bits per heavy atom. The maximum atomic E-state index is 12.8. The van der Waals surface area contributed by atoms with Gasteiger partial charge in [0.1, 0.15) is 5.54 Å². The number of amides is 1. The van der Waals surface area contributed by atoms with Crippen molar-refractivity contribution in [2.45, 2.75) is 51.7 Å². The SMILES string of the molecule is C#CCN(CC1CC1)C(=O)C1(N)CC(OCC)C1(C)C. The highest BCUT2D eigenvalue weighted by Gasteiger charge is 2.63. The standard InChI is InChI=1S/C16H26N2O2/c1-5-9-18(11-12-7-8-12)14(19)16(17)10-13(20-6-2)15(16,3)4/h1,12-13H,6-11,17H2,2-4H3. The Hall–Kier alpha value is -1.05. The number of nitrogens with two attached hydrogens (primary N) is 1. The van der Waals surface area contributed by atoms with E-state index in [0.29, 0.717) is 25.5 Å². The molecule has 0 saturated heterocycles. The van der Waals surface area contributed by atoms with Crippen molar-refractivity contribution in [1.82, 2.24) is 4.90 Å². The Kier molecular flexibility index (Phi) is 4.13. The van der Waals surface area contributed by atoms with Gasteiger partial charge in [0.05, 0.1) is 12.6 Å². The average molecular weight is 278 g/mol. The molecule has 0 bridgehead atoms. The van der Waals surface area contributed by atoms with E-state index in [9.17, 15) is 4.79 Å². The van der Waals surface area contributed by atoms with Crippen LogP contribution in [0.2, 0.25) is 0 Å². The van der Waals surface area contributed by atoms with Gasteiger partial charge < -0.3 is 15.4 Å². The minimum Gasteiger partial charge on any atom is -0.378 e. The second kappa shape index (κ2) is 5.38. The first kappa shape index (κ1) is 15.3. The molecule has 2 atom stereocenters. The molecule has 0 aromatic heterocycles. The van der Waals surface area contributed by atoms with E-state index in [1.165, 1.54) is 12.8 Å². The van der Waals surface area contributed by atoms with Gasteiger partial charge in [0.25, 0.3) is 0 Å². The summed E-state index contributed by atoms with van der Waals surface area (Å²) in [5, 5.41) is 0. The fourth-order valence-electron chi connectivity index (χ4n) is 3.02. The van der Waals surface area contributed by atoms with E-state index in [2.05, 4.69) is 5.92 Å². The van der Waals surface area contributed by atoms with Crippen molar-refractivity contribution < 1.29 is 9.53 Å². The van der Waals surface area contributed by atoms with Crippen molar-refractivity contribution in [2.75, 3.05) is 19.7 Å². The third kappa shape index (κ3) is 2.45. The predicted octanol–water partition coefficient (Wildman–Crippen LogP) is 1.39. The molecule has 0 aromatic rings. The highest BCUT2D eigenvalue weighted by Crippen LogP contribution is 2.50. The highest BCUT2D eigenvalue weighted by atomic mass is 16.5. The van der Waals surface area contributed by atoms with Gasteiger partial charge in [-0.05, 0) is 25.7 Å². The molecular weight excluding hydrogens is 252 g/mol. The van der Waals surface area contributed by atoms with E-state index in [4.69, 9.17) is 16.9 Å². The second-order valence-corrected chi connectivity index (χ2v) is 6.67. The van der Waals surface area contributed by atoms with Gasteiger partial charge in [-0.1, -0.05) is 19.8 Å². The number of rotatable bonds is 6. The summed E-state index contributed by atoms with van der Waals surface area (Å²) in [4.78, 5) is 14.6. The number of hydrogen-bond donors (Lipinski definition) is 1. The van der Waals surface area contributed by atoms with Crippen LogP contribution in [-0.2, 0) is 9.53 Å². The average Bonchev–Trinajstić information content (AvgIpc) is 3.21. The summed E-state index contributed by atoms with van der Waals surface area (Å²) in [5.74, 6) is 3.19. The van der Waals surface area contributed by atoms with Crippen molar-refractivity contribution in [3.8, 4) is 12.3 Å². The molecule has 2 aliphatic carbocycles. The lowest BCUT2D eigenvalue weighted by atomic mass is 9.54. The summed E-state index contributed by atoms with van der Waals surface area (Å²) in [6.45, 7) is 7.74. The minimum atomic E-state index is -0.849. The summed E-state index contributed by atoms with van der Waals surface area (Å²) in [7, 11) is 0. The summed E-state index contributed by atoms with van der Waals surface area (Å²) in [6.07, 6.45) is 8.41. The number of ether oxygens (including phenoxy) is 1. The third-order valence-electron chi connectivity index (χ3n) is 4.96. The molecule has 0 heterocycles. The Morgan fingerprint density at radius 1 is 1.50 bits per heavy atom. The maximum absolute atomic E-state index is 12.8. The highest BCUT2D eigenvalue weighted by molar-refractivity contribution is 5.89. The lowest BCUT2D eigenvalue weighted by Gasteiger charge is -2.58. The largest absolute Gasteiger partial charge is 0.378 e. The zero-order chi connectivity index (χ0) is 15.0. The minimum absolute atomic E-state index is 0.0108. The molecule has 2 rings (SSSR count). The molecule has 2 N–H and O–H groups in total. The molecule has 2 saturated carbocycles. The smallest absolute Gasteiger partial charge is 0.244 e. The lowest BCUT2D eigenvalue weighted by Crippen LogP contribution is -2.76. The maximum Gasteiger partial charge on any atom is 0.244 e. The zero-order valence-corrected chi connectivity index (χ0v) is 12.8. The van der Waals surface area contributed by atoms with Crippen LogP contribution in [0.15, 0.2) is 0 Å². The van der Waals surface area contributed by atoms with Crippen LogP contribution in [0.4, 0.5) is 0 Å². The van der Waals surface area contributed by atoms with Gasteiger partial charge in [0.15, 0.2) is 0 Å². The summed E-state index contributed by atoms with van der Waals surface area (Å²) in [5.41, 5.74) is 5.23. The molecule has 4 nitrogen and oxygen atoms in total. The van der Waals surface area contributed by atoms with E-state index in [1.807, 2.05) is 20.8 Å². The molecular formula is C16H26N2O2. The van der Waals surface area contributed by atoms with E-state index >= 15 is 0 Å². The normalized spacial score (nSPS) is 31.2. The summed E-state index contributed by atoms with van der Waals surface area (Å²) in [6, 6.07) is 0. The first-order valence-corrected chi connectivity index (χ1v) is 7.50. The summed E-state index contributed by atoms with van der Waals surface area (Å²) >= 11 is 0. The van der Waals surface area contributed by atoms with Crippen LogP contribution >= 0.6 is 0 Å². The van der Waals surface area contributed by atoms with Gasteiger partial charge in [0, 0.05) is 25.0 Å². The first-order chi connectivity index (χ1) is 9.36. The van der Waals surface area contributed by atoms with Crippen molar-refractivity contribution in [1.29, 1.82) is 0 Å². The van der Waals surface area contributed by atoms with Crippen LogP contribution in [0.25, 0.3) is 0 Å². The van der Waals surface area contributed by atoms with E-state index < -0.39 is 5.54 Å². The number of nitrogens with zero attached hydrogens (tertiary/aromatic N) is 1. The monoisotopic (exact) mass is 278 g/mol. The number of hydrogen-bond acceptors (Lipinski definition) is 3. The molecule has 2 fully saturated rings. The van der Waals surface area contributed by atoms with Gasteiger partial charge >= 0.3 is 0 Å². The van der Waals surface area contributed by atoms with Crippen molar-refractivity contribution >= 4 is 5.91 Å². The molecule has 2 unspecified atom stereocenters. The zero-order valence-electron chi connectivity index (χ0n) is 12.8. The van der Waals surface area contributed by atoms with Crippen LogP contribution in [0.3, 0.4) is 0 Å². The molecule has 0 aromatic carbocycles. The molecule has 4 heteroatoms. The van der Waals surface area contributed by atoms with Crippen LogP contribution in [0, 0.1) is 23.7 Å². The van der Waals surface area contributed by atoms with E-state index in [0.717, 1.165) is 6.54 Å². The molecule has 112 valence electrons. The number of carbonyl (C=O) groups excluding carboxylic acids is 1. The van der Waals surface area contributed by atoms with E-state index in [1.54, 1.807) is 4.90 Å². The fraction of sp³-hybridized carbons (Fsp3) is 0.812.